The molecule has 0 unspecified atom stereocenters. The Hall–Kier alpha value is -1.04. The van der Waals surface area contributed by atoms with Gasteiger partial charge in [0.05, 0.1) is 11.0 Å². The van der Waals surface area contributed by atoms with Gasteiger partial charge in [-0.2, -0.15) is 0 Å². The quantitative estimate of drug-likeness (QED) is 0.768. The highest BCUT2D eigenvalue weighted by atomic mass is 32.1. The van der Waals surface area contributed by atoms with E-state index < -0.39 is 0 Å². The van der Waals surface area contributed by atoms with Crippen LogP contribution >= 0.6 is 12.2 Å². The first-order valence-electron chi connectivity index (χ1n) is 9.28. The van der Waals surface area contributed by atoms with Crippen LogP contribution in [0.15, 0.2) is 0 Å². The van der Waals surface area contributed by atoms with Gasteiger partial charge in [0.25, 0.3) is 0 Å². The molecule has 0 amide bonds. The third-order valence-electron chi connectivity index (χ3n) is 5.56. The molecule has 0 bridgehead atoms. The zero-order valence-electron chi connectivity index (χ0n) is 14.3. The van der Waals surface area contributed by atoms with Gasteiger partial charge >= 0.3 is 0 Å². The van der Waals surface area contributed by atoms with Crippen molar-refractivity contribution in [2.24, 2.45) is 0 Å². The first kappa shape index (κ1) is 16.8. The summed E-state index contributed by atoms with van der Waals surface area (Å²) in [5.74, 6) is 1.01. The van der Waals surface area contributed by atoms with Gasteiger partial charge in [-0.25, -0.2) is 4.68 Å². The second kappa shape index (κ2) is 8.18. The molecule has 0 aromatic carbocycles. The molecule has 0 N–H and O–H groups in total. The normalized spacial score (nSPS) is 20.6. The smallest absolute Gasteiger partial charge is 0.152 e. The highest BCUT2D eigenvalue weighted by Gasteiger charge is 2.22. The van der Waals surface area contributed by atoms with Crippen LogP contribution in [0, 0.1) is 0 Å². The third kappa shape index (κ3) is 4.28. The molecule has 0 radical (unpaired) electrons. The fourth-order valence-electron chi connectivity index (χ4n) is 4.05. The molecule has 2 aliphatic rings. The number of aromatic nitrogens is 4. The lowest BCUT2D eigenvalue weighted by atomic mass is 9.94. The van der Waals surface area contributed by atoms with Crippen molar-refractivity contribution in [2.75, 3.05) is 7.05 Å². The molecule has 2 fully saturated rings. The van der Waals surface area contributed by atoms with Crippen molar-refractivity contribution >= 4 is 17.2 Å². The molecule has 2 saturated carbocycles. The summed E-state index contributed by atoms with van der Waals surface area (Å²) in [5.41, 5.74) is 0. The van der Waals surface area contributed by atoms with E-state index in [0.717, 1.165) is 23.7 Å². The highest BCUT2D eigenvalue weighted by Crippen LogP contribution is 2.28. The van der Waals surface area contributed by atoms with Crippen molar-refractivity contribution < 1.29 is 0 Å². The van der Waals surface area contributed by atoms with E-state index in [4.69, 9.17) is 12.2 Å². The molecule has 1 aromatic rings. The minimum absolute atomic E-state index is 0.499. The highest BCUT2D eigenvalue weighted by molar-refractivity contribution is 7.80. The van der Waals surface area contributed by atoms with Gasteiger partial charge in [0.1, 0.15) is 0 Å². The van der Waals surface area contributed by atoms with E-state index in [-0.39, 0.29) is 0 Å². The van der Waals surface area contributed by atoms with Gasteiger partial charge in [0.2, 0.25) is 0 Å². The van der Waals surface area contributed by atoms with Crippen LogP contribution in [0.2, 0.25) is 0 Å². The summed E-state index contributed by atoms with van der Waals surface area (Å²) in [7, 11) is 2.17. The molecule has 128 valence electrons. The van der Waals surface area contributed by atoms with Gasteiger partial charge in [-0.15, -0.1) is 5.10 Å². The van der Waals surface area contributed by atoms with Crippen molar-refractivity contribution in [1.82, 2.24) is 25.1 Å². The van der Waals surface area contributed by atoms with Crippen LogP contribution in [0.1, 0.15) is 82.5 Å². The summed E-state index contributed by atoms with van der Waals surface area (Å²) in [5, 5.41) is 12.4. The lowest BCUT2D eigenvalue weighted by Gasteiger charge is -2.33. The molecular weight excluding hydrogens is 306 g/mol. The molecule has 0 atom stereocenters. The Bertz CT molecular complexity index is 503. The Morgan fingerprint density at radius 1 is 1.09 bits per heavy atom. The lowest BCUT2D eigenvalue weighted by Crippen LogP contribution is -2.37. The van der Waals surface area contributed by atoms with Crippen LogP contribution in [0.25, 0.3) is 0 Å². The number of aryl methyl sites for hydroxylation is 1. The number of thiocarbonyl (C=S) groups is 1. The molecule has 1 aromatic heterocycles. The molecule has 0 spiro atoms. The van der Waals surface area contributed by atoms with E-state index in [1.807, 2.05) is 0 Å². The fourth-order valence-corrected chi connectivity index (χ4v) is 4.30. The van der Waals surface area contributed by atoms with Crippen molar-refractivity contribution in [2.45, 2.75) is 89.1 Å². The Kier molecular flexibility index (Phi) is 5.97. The van der Waals surface area contributed by atoms with Gasteiger partial charge in [0.15, 0.2) is 5.82 Å². The SMILES string of the molecule is CN(C(=S)CCc1nnnn1C1CCCCC1)C1CCCCC1. The molecule has 23 heavy (non-hydrogen) atoms. The van der Waals surface area contributed by atoms with Gasteiger partial charge in [-0.05, 0) is 36.1 Å². The van der Waals surface area contributed by atoms with E-state index in [1.165, 1.54) is 64.2 Å². The van der Waals surface area contributed by atoms with Gasteiger partial charge in [0, 0.05) is 25.9 Å². The van der Waals surface area contributed by atoms with E-state index in [2.05, 4.69) is 32.2 Å². The minimum Gasteiger partial charge on any atom is -0.366 e. The molecule has 0 saturated heterocycles. The molecule has 3 rings (SSSR count). The van der Waals surface area contributed by atoms with E-state index in [0.29, 0.717) is 12.1 Å². The zero-order valence-corrected chi connectivity index (χ0v) is 15.1. The van der Waals surface area contributed by atoms with E-state index >= 15 is 0 Å². The van der Waals surface area contributed by atoms with Crippen molar-refractivity contribution in [3.63, 3.8) is 0 Å². The maximum atomic E-state index is 5.68. The number of hydrogen-bond acceptors (Lipinski definition) is 4. The topological polar surface area (TPSA) is 46.8 Å². The summed E-state index contributed by atoms with van der Waals surface area (Å²) >= 11 is 5.68. The molecular formula is C17H29N5S. The van der Waals surface area contributed by atoms with Crippen molar-refractivity contribution in [1.29, 1.82) is 0 Å². The standard InChI is InChI=1S/C17H29N5S/c1-21(14-8-4-2-5-9-14)17(23)13-12-16-18-19-20-22(16)15-10-6-3-7-11-15/h14-15H,2-13H2,1H3. The fraction of sp³-hybridized carbons (Fsp3) is 0.882. The molecule has 0 aliphatic heterocycles. The van der Waals surface area contributed by atoms with Gasteiger partial charge in [-0.3, -0.25) is 0 Å². The minimum atomic E-state index is 0.499. The molecule has 6 heteroatoms. The van der Waals surface area contributed by atoms with Gasteiger partial charge in [-0.1, -0.05) is 50.7 Å². The zero-order chi connectivity index (χ0) is 16.1. The molecule has 2 aliphatic carbocycles. The Morgan fingerprint density at radius 3 is 2.43 bits per heavy atom. The second-order valence-corrected chi connectivity index (χ2v) is 7.60. The Morgan fingerprint density at radius 2 is 1.74 bits per heavy atom. The van der Waals surface area contributed by atoms with Crippen LogP contribution in [-0.2, 0) is 6.42 Å². The summed E-state index contributed by atoms with van der Waals surface area (Å²) < 4.78 is 2.07. The summed E-state index contributed by atoms with van der Waals surface area (Å²) in [4.78, 5) is 3.40. The number of nitrogens with zero attached hydrogens (tertiary/aromatic N) is 5. The Balaban J connectivity index is 1.53. The summed E-state index contributed by atoms with van der Waals surface area (Å²) in [6, 6.07) is 1.14. The largest absolute Gasteiger partial charge is 0.366 e. The number of hydrogen-bond donors (Lipinski definition) is 0. The maximum Gasteiger partial charge on any atom is 0.152 e. The summed E-state index contributed by atoms with van der Waals surface area (Å²) in [6.07, 6.45) is 14.8. The Labute approximate surface area is 144 Å². The van der Waals surface area contributed by atoms with Crippen LogP contribution in [-0.4, -0.2) is 43.2 Å². The van der Waals surface area contributed by atoms with Crippen LogP contribution in [0.3, 0.4) is 0 Å². The maximum absolute atomic E-state index is 5.68. The number of rotatable bonds is 5. The van der Waals surface area contributed by atoms with Crippen LogP contribution < -0.4 is 0 Å². The van der Waals surface area contributed by atoms with Crippen molar-refractivity contribution in [3.8, 4) is 0 Å². The number of tetrazole rings is 1. The van der Waals surface area contributed by atoms with Crippen molar-refractivity contribution in [3.05, 3.63) is 5.82 Å². The summed E-state index contributed by atoms with van der Waals surface area (Å²) in [6.45, 7) is 0. The van der Waals surface area contributed by atoms with Crippen LogP contribution in [0.5, 0.6) is 0 Å². The lowest BCUT2D eigenvalue weighted by molar-refractivity contribution is 0.278. The second-order valence-electron chi connectivity index (χ2n) is 7.13. The van der Waals surface area contributed by atoms with E-state index in [9.17, 15) is 0 Å². The predicted molar refractivity (Wildman–Crippen MR) is 95.5 cm³/mol. The first-order chi connectivity index (χ1) is 11.3. The van der Waals surface area contributed by atoms with E-state index in [1.54, 1.807) is 0 Å². The third-order valence-corrected chi connectivity index (χ3v) is 6.05. The molecule has 5 nitrogen and oxygen atoms in total. The average Bonchev–Trinajstić information content (AvgIpc) is 3.09. The average molecular weight is 336 g/mol. The first-order valence-corrected chi connectivity index (χ1v) is 9.69. The van der Waals surface area contributed by atoms with Gasteiger partial charge < -0.3 is 4.90 Å². The van der Waals surface area contributed by atoms with Crippen LogP contribution in [0.4, 0.5) is 0 Å². The molecule has 1 heterocycles. The predicted octanol–water partition coefficient (Wildman–Crippen LogP) is 3.70. The monoisotopic (exact) mass is 335 g/mol.